The molecule has 0 amide bonds. The summed E-state index contributed by atoms with van der Waals surface area (Å²) in [7, 11) is 0. The number of nitrogens with zero attached hydrogens (tertiary/aromatic N) is 2. The second kappa shape index (κ2) is 14.0. The van der Waals surface area contributed by atoms with Gasteiger partial charge in [0.05, 0.1) is 21.8 Å². The third kappa shape index (κ3) is 5.02. The topological polar surface area (TPSA) is 21.3 Å². The SMILES string of the molecule is c1ccc(-c2ccc(N(c3ccccc3)c3ccc4c(c3)C3(c5cc6ccccc6cc5-4)c4ccccc4-c4c3ccc3c4oc4c3ccc3c4c4ccccc4n3-c3ccccc3)cc2)cc1. The highest BCUT2D eigenvalue weighted by molar-refractivity contribution is 6.25. The smallest absolute Gasteiger partial charge is 0.145 e. The van der Waals surface area contributed by atoms with E-state index in [9.17, 15) is 0 Å². The summed E-state index contributed by atoms with van der Waals surface area (Å²) in [5, 5.41) is 7.04. The van der Waals surface area contributed by atoms with E-state index in [1.54, 1.807) is 0 Å². The minimum absolute atomic E-state index is 0.623. The Morgan fingerprint density at radius 1 is 0.353 bits per heavy atom. The molecule has 2 aromatic heterocycles. The average molecular weight is 865 g/mol. The molecule has 0 saturated heterocycles. The van der Waals surface area contributed by atoms with Crippen LogP contribution >= 0.6 is 0 Å². The van der Waals surface area contributed by atoms with E-state index in [0.717, 1.165) is 61.1 Å². The number of rotatable bonds is 5. The monoisotopic (exact) mass is 864 g/mol. The van der Waals surface area contributed by atoms with Crippen LogP contribution in [0, 0.1) is 0 Å². The molecule has 0 bridgehead atoms. The first kappa shape index (κ1) is 37.3. The summed E-state index contributed by atoms with van der Waals surface area (Å²) < 4.78 is 9.84. The van der Waals surface area contributed by atoms with Crippen molar-refractivity contribution in [2.75, 3.05) is 4.90 Å². The van der Waals surface area contributed by atoms with Gasteiger partial charge in [-0.3, -0.25) is 0 Å². The lowest BCUT2D eigenvalue weighted by molar-refractivity contribution is 0.673. The highest BCUT2D eigenvalue weighted by Crippen LogP contribution is 2.65. The van der Waals surface area contributed by atoms with Gasteiger partial charge in [-0.25, -0.2) is 0 Å². The molecule has 1 atom stereocenters. The Bertz CT molecular complexity index is 4190. The maximum Gasteiger partial charge on any atom is 0.145 e. The number of hydrogen-bond acceptors (Lipinski definition) is 2. The van der Waals surface area contributed by atoms with E-state index in [1.807, 2.05) is 0 Å². The third-order valence-electron chi connectivity index (χ3n) is 15.0. The predicted octanol–water partition coefficient (Wildman–Crippen LogP) is 17.3. The summed E-state index contributed by atoms with van der Waals surface area (Å²) in [5.41, 5.74) is 20.4. The van der Waals surface area contributed by atoms with Gasteiger partial charge in [0.15, 0.2) is 0 Å². The lowest BCUT2D eigenvalue weighted by atomic mass is 9.70. The van der Waals surface area contributed by atoms with E-state index in [0.29, 0.717) is 0 Å². The fourth-order valence-corrected chi connectivity index (χ4v) is 12.1. The van der Waals surface area contributed by atoms with Crippen molar-refractivity contribution in [3.8, 4) is 39.1 Å². The standard InChI is InChI=1S/C65H40N2O/c1-4-16-41(17-5-1)42-28-30-47(31-29-42)66(45-20-6-2-7-21-45)48-32-33-49-54-38-43-18-10-11-19-44(43)39-57(54)65(58(49)40-48)55-26-14-12-24-52(55)61-56(65)36-34-50-51-35-37-60-62(64(51)68-63(50)61)53-25-13-15-27-59(53)67(60)46-22-8-3-9-23-46/h1-40H. The number of anilines is 3. The van der Waals surface area contributed by atoms with Crippen LogP contribution < -0.4 is 4.90 Å². The molecule has 316 valence electrons. The van der Waals surface area contributed by atoms with E-state index in [1.165, 1.54) is 71.8 Å². The molecule has 68 heavy (non-hydrogen) atoms. The van der Waals surface area contributed by atoms with Crippen LogP contribution in [0.5, 0.6) is 0 Å². The molecule has 1 unspecified atom stereocenters. The molecule has 3 nitrogen and oxygen atoms in total. The Morgan fingerprint density at radius 3 is 1.79 bits per heavy atom. The lowest BCUT2D eigenvalue weighted by Gasteiger charge is -2.32. The maximum absolute atomic E-state index is 7.47. The third-order valence-corrected chi connectivity index (χ3v) is 15.0. The van der Waals surface area contributed by atoms with E-state index >= 15 is 0 Å². The van der Waals surface area contributed by atoms with Crippen molar-refractivity contribution in [1.29, 1.82) is 0 Å². The quantitative estimate of drug-likeness (QED) is 0.172. The lowest BCUT2D eigenvalue weighted by Crippen LogP contribution is -2.26. The maximum atomic E-state index is 7.47. The van der Waals surface area contributed by atoms with Crippen molar-refractivity contribution < 1.29 is 4.42 Å². The van der Waals surface area contributed by atoms with Gasteiger partial charge in [-0.05, 0) is 140 Å². The van der Waals surface area contributed by atoms with Crippen LogP contribution in [0.4, 0.5) is 17.1 Å². The summed E-state index contributed by atoms with van der Waals surface area (Å²) in [5.74, 6) is 0. The zero-order chi connectivity index (χ0) is 44.5. The molecule has 3 heteroatoms. The Hall–Kier alpha value is -8.92. The van der Waals surface area contributed by atoms with E-state index in [2.05, 4.69) is 252 Å². The van der Waals surface area contributed by atoms with Gasteiger partial charge >= 0.3 is 0 Å². The average Bonchev–Trinajstić information content (AvgIpc) is 4.12. The van der Waals surface area contributed by atoms with Crippen molar-refractivity contribution in [3.05, 3.63) is 265 Å². The second-order valence-electron chi connectivity index (χ2n) is 18.3. The van der Waals surface area contributed by atoms with Crippen molar-refractivity contribution >= 4 is 71.6 Å². The van der Waals surface area contributed by atoms with Crippen LogP contribution in [-0.4, -0.2) is 4.57 Å². The number of para-hydroxylation sites is 3. The van der Waals surface area contributed by atoms with Crippen molar-refractivity contribution in [1.82, 2.24) is 4.57 Å². The predicted molar refractivity (Wildman–Crippen MR) is 282 cm³/mol. The fourth-order valence-electron chi connectivity index (χ4n) is 12.1. The zero-order valence-electron chi connectivity index (χ0n) is 36.9. The van der Waals surface area contributed by atoms with E-state index < -0.39 is 5.41 Å². The summed E-state index contributed by atoms with van der Waals surface area (Å²) in [6, 6.07) is 89.1. The van der Waals surface area contributed by atoms with Crippen LogP contribution in [-0.2, 0) is 5.41 Å². The fraction of sp³-hybridized carbons (Fsp3) is 0.0154. The molecule has 0 N–H and O–H groups in total. The van der Waals surface area contributed by atoms with Gasteiger partial charge < -0.3 is 13.9 Å². The normalized spacial score (nSPS) is 14.5. The van der Waals surface area contributed by atoms with Crippen molar-refractivity contribution in [2.24, 2.45) is 0 Å². The van der Waals surface area contributed by atoms with E-state index in [-0.39, 0.29) is 0 Å². The molecule has 2 heterocycles. The largest absolute Gasteiger partial charge is 0.455 e. The van der Waals surface area contributed by atoms with Gasteiger partial charge in [-0.2, -0.15) is 0 Å². The number of furan rings is 1. The number of hydrogen-bond donors (Lipinski definition) is 0. The van der Waals surface area contributed by atoms with Crippen LogP contribution in [0.3, 0.4) is 0 Å². The molecule has 2 aliphatic carbocycles. The first-order valence-corrected chi connectivity index (χ1v) is 23.5. The van der Waals surface area contributed by atoms with Crippen molar-refractivity contribution in [2.45, 2.75) is 5.41 Å². The van der Waals surface area contributed by atoms with Crippen LogP contribution in [0.1, 0.15) is 22.3 Å². The minimum Gasteiger partial charge on any atom is -0.455 e. The molecular formula is C65H40N2O. The molecule has 0 aliphatic heterocycles. The first-order valence-electron chi connectivity index (χ1n) is 23.5. The Morgan fingerprint density at radius 2 is 0.971 bits per heavy atom. The second-order valence-corrected chi connectivity index (χ2v) is 18.3. The molecule has 0 radical (unpaired) electrons. The van der Waals surface area contributed by atoms with E-state index in [4.69, 9.17) is 4.42 Å². The molecular weight excluding hydrogens is 825 g/mol. The molecule has 15 rings (SSSR count). The Kier molecular flexibility index (Phi) is 7.71. The van der Waals surface area contributed by atoms with Crippen molar-refractivity contribution in [3.63, 3.8) is 0 Å². The number of benzene rings is 11. The Labute approximate surface area is 393 Å². The molecule has 11 aromatic carbocycles. The summed E-state index contributed by atoms with van der Waals surface area (Å²) in [6.07, 6.45) is 0. The van der Waals surface area contributed by atoms with Crippen LogP contribution in [0.25, 0.3) is 93.6 Å². The molecule has 1 spiro atoms. The van der Waals surface area contributed by atoms with Gasteiger partial charge in [0.1, 0.15) is 11.2 Å². The molecule has 2 aliphatic rings. The van der Waals surface area contributed by atoms with Gasteiger partial charge in [-0.1, -0.05) is 164 Å². The minimum atomic E-state index is -0.623. The first-order chi connectivity index (χ1) is 33.7. The van der Waals surface area contributed by atoms with Gasteiger partial charge in [0, 0.05) is 44.5 Å². The van der Waals surface area contributed by atoms with Gasteiger partial charge in [-0.15, -0.1) is 0 Å². The van der Waals surface area contributed by atoms with Crippen LogP contribution in [0.2, 0.25) is 0 Å². The van der Waals surface area contributed by atoms with Gasteiger partial charge in [0.2, 0.25) is 0 Å². The molecule has 0 fully saturated rings. The molecule has 0 saturated carbocycles. The number of aromatic nitrogens is 1. The van der Waals surface area contributed by atoms with Gasteiger partial charge in [0.25, 0.3) is 0 Å². The highest BCUT2D eigenvalue weighted by atomic mass is 16.3. The van der Waals surface area contributed by atoms with Crippen LogP contribution in [0.15, 0.2) is 247 Å². The summed E-state index contributed by atoms with van der Waals surface area (Å²) in [4.78, 5) is 2.41. The zero-order valence-corrected chi connectivity index (χ0v) is 36.9. The number of fused-ring (bicyclic) bond motifs is 19. The summed E-state index contributed by atoms with van der Waals surface area (Å²) in [6.45, 7) is 0. The highest BCUT2D eigenvalue weighted by Gasteiger charge is 2.53. The molecule has 13 aromatic rings. The summed E-state index contributed by atoms with van der Waals surface area (Å²) >= 11 is 0. The Balaban J connectivity index is 1.01.